The predicted octanol–water partition coefficient (Wildman–Crippen LogP) is 4.16. The van der Waals surface area contributed by atoms with E-state index in [0.29, 0.717) is 11.3 Å². The van der Waals surface area contributed by atoms with Crippen molar-refractivity contribution in [2.75, 3.05) is 11.6 Å². The highest BCUT2D eigenvalue weighted by Crippen LogP contribution is 2.23. The summed E-state index contributed by atoms with van der Waals surface area (Å²) in [5, 5.41) is 12.0. The summed E-state index contributed by atoms with van der Waals surface area (Å²) < 4.78 is 13.0. The Labute approximate surface area is 109 Å². The summed E-state index contributed by atoms with van der Waals surface area (Å²) in [6.07, 6.45) is 2.01. The lowest BCUT2D eigenvalue weighted by atomic mass is 10.2. The fourth-order valence-electron chi connectivity index (χ4n) is 1.55. The van der Waals surface area contributed by atoms with Crippen molar-refractivity contribution in [2.24, 2.45) is 0 Å². The van der Waals surface area contributed by atoms with Gasteiger partial charge in [-0.1, -0.05) is 0 Å². The molecule has 4 heteroatoms. The van der Waals surface area contributed by atoms with Gasteiger partial charge in [0.05, 0.1) is 11.3 Å². The van der Waals surface area contributed by atoms with E-state index in [9.17, 15) is 4.39 Å². The molecule has 0 spiro atoms. The Bertz CT molecular complexity index is 588. The molecule has 0 radical (unpaired) electrons. The smallest absolute Gasteiger partial charge is 0.124 e. The van der Waals surface area contributed by atoms with Crippen LogP contribution in [0, 0.1) is 17.1 Å². The van der Waals surface area contributed by atoms with Gasteiger partial charge in [-0.05, 0) is 48.7 Å². The van der Waals surface area contributed by atoms with E-state index in [0.717, 1.165) is 5.69 Å². The SMILES string of the molecule is CSc1ccc(Nc2ccc(F)cc2C#N)cc1. The second-order valence-corrected chi connectivity index (χ2v) is 4.53. The van der Waals surface area contributed by atoms with Gasteiger partial charge in [0.15, 0.2) is 0 Å². The molecule has 2 nitrogen and oxygen atoms in total. The molecule has 0 bridgehead atoms. The van der Waals surface area contributed by atoms with Crippen molar-refractivity contribution in [2.45, 2.75) is 4.90 Å². The molecule has 0 aliphatic heterocycles. The van der Waals surface area contributed by atoms with Crippen molar-refractivity contribution >= 4 is 23.1 Å². The van der Waals surface area contributed by atoms with Crippen LogP contribution in [0.5, 0.6) is 0 Å². The number of nitriles is 1. The second-order valence-electron chi connectivity index (χ2n) is 3.66. The molecule has 0 heterocycles. The van der Waals surface area contributed by atoms with Crippen LogP contribution in [0.3, 0.4) is 0 Å². The Hall–Kier alpha value is -1.99. The molecular formula is C14H11FN2S. The Morgan fingerprint density at radius 2 is 1.89 bits per heavy atom. The van der Waals surface area contributed by atoms with Gasteiger partial charge in [-0.15, -0.1) is 11.8 Å². The highest BCUT2D eigenvalue weighted by molar-refractivity contribution is 7.98. The highest BCUT2D eigenvalue weighted by atomic mass is 32.2. The van der Waals surface area contributed by atoms with Crippen LogP contribution in [0.25, 0.3) is 0 Å². The van der Waals surface area contributed by atoms with E-state index in [4.69, 9.17) is 5.26 Å². The maximum atomic E-state index is 13.0. The molecule has 0 saturated heterocycles. The van der Waals surface area contributed by atoms with Crippen molar-refractivity contribution in [3.8, 4) is 6.07 Å². The van der Waals surface area contributed by atoms with Crippen LogP contribution in [0.4, 0.5) is 15.8 Å². The van der Waals surface area contributed by atoms with Gasteiger partial charge in [-0.25, -0.2) is 4.39 Å². The fraction of sp³-hybridized carbons (Fsp3) is 0.0714. The Balaban J connectivity index is 2.25. The normalized spacial score (nSPS) is 9.83. The fourth-order valence-corrected chi connectivity index (χ4v) is 1.96. The zero-order valence-electron chi connectivity index (χ0n) is 9.77. The van der Waals surface area contributed by atoms with Crippen molar-refractivity contribution in [1.82, 2.24) is 0 Å². The summed E-state index contributed by atoms with van der Waals surface area (Å²) in [6, 6.07) is 13.9. The molecule has 0 aliphatic rings. The van der Waals surface area contributed by atoms with Crippen LogP contribution in [-0.2, 0) is 0 Å². The van der Waals surface area contributed by atoms with Gasteiger partial charge >= 0.3 is 0 Å². The third-order valence-electron chi connectivity index (χ3n) is 2.47. The van der Waals surface area contributed by atoms with Crippen LogP contribution in [0.1, 0.15) is 5.56 Å². The Morgan fingerprint density at radius 1 is 1.17 bits per heavy atom. The van der Waals surface area contributed by atoms with Crippen molar-refractivity contribution in [3.63, 3.8) is 0 Å². The van der Waals surface area contributed by atoms with Gasteiger partial charge in [0, 0.05) is 10.6 Å². The molecular weight excluding hydrogens is 247 g/mol. The molecule has 2 aromatic carbocycles. The van der Waals surface area contributed by atoms with Crippen LogP contribution in [0.15, 0.2) is 47.4 Å². The predicted molar refractivity (Wildman–Crippen MR) is 72.6 cm³/mol. The zero-order valence-corrected chi connectivity index (χ0v) is 10.6. The summed E-state index contributed by atoms with van der Waals surface area (Å²) in [7, 11) is 0. The quantitative estimate of drug-likeness (QED) is 0.839. The van der Waals surface area contributed by atoms with Crippen LogP contribution < -0.4 is 5.32 Å². The number of benzene rings is 2. The first kappa shape index (κ1) is 12.5. The van der Waals surface area contributed by atoms with Crippen LogP contribution in [-0.4, -0.2) is 6.26 Å². The first-order chi connectivity index (χ1) is 8.72. The molecule has 18 heavy (non-hydrogen) atoms. The maximum Gasteiger partial charge on any atom is 0.124 e. The number of thioether (sulfide) groups is 1. The molecule has 0 amide bonds. The minimum absolute atomic E-state index is 0.295. The largest absolute Gasteiger partial charge is 0.354 e. The number of rotatable bonds is 3. The van der Waals surface area contributed by atoms with Gasteiger partial charge in [-0.2, -0.15) is 5.26 Å². The standard InChI is InChI=1S/C14H11FN2S/c1-18-13-5-3-12(4-6-13)17-14-7-2-11(15)8-10(14)9-16/h2-8,17H,1H3. The van der Waals surface area contributed by atoms with Crippen molar-refractivity contribution in [1.29, 1.82) is 5.26 Å². The van der Waals surface area contributed by atoms with Gasteiger partial charge in [-0.3, -0.25) is 0 Å². The van der Waals surface area contributed by atoms with Gasteiger partial charge in [0.1, 0.15) is 11.9 Å². The van der Waals surface area contributed by atoms with Gasteiger partial charge < -0.3 is 5.32 Å². The molecule has 2 rings (SSSR count). The summed E-state index contributed by atoms with van der Waals surface area (Å²) in [5.74, 6) is -0.408. The van der Waals surface area contributed by atoms with Crippen LogP contribution in [0.2, 0.25) is 0 Å². The monoisotopic (exact) mass is 258 g/mol. The summed E-state index contributed by atoms with van der Waals surface area (Å²) in [5.41, 5.74) is 1.77. The van der Waals surface area contributed by atoms with E-state index in [2.05, 4.69) is 5.32 Å². The summed E-state index contributed by atoms with van der Waals surface area (Å²) >= 11 is 1.66. The minimum Gasteiger partial charge on any atom is -0.354 e. The lowest BCUT2D eigenvalue weighted by Crippen LogP contribution is -1.94. The van der Waals surface area contributed by atoms with E-state index in [1.165, 1.54) is 17.0 Å². The zero-order chi connectivity index (χ0) is 13.0. The van der Waals surface area contributed by atoms with Crippen molar-refractivity contribution < 1.29 is 4.39 Å². The topological polar surface area (TPSA) is 35.8 Å². The first-order valence-electron chi connectivity index (χ1n) is 5.33. The molecule has 0 aliphatic carbocycles. The minimum atomic E-state index is -0.408. The van der Waals surface area contributed by atoms with E-state index in [1.807, 2.05) is 36.6 Å². The summed E-state index contributed by atoms with van der Waals surface area (Å²) in [4.78, 5) is 1.17. The number of nitrogens with zero attached hydrogens (tertiary/aromatic N) is 1. The Morgan fingerprint density at radius 3 is 2.50 bits per heavy atom. The number of nitrogens with one attached hydrogen (secondary N) is 1. The lowest BCUT2D eigenvalue weighted by molar-refractivity contribution is 0.627. The molecule has 0 atom stereocenters. The number of halogens is 1. The number of hydrogen-bond acceptors (Lipinski definition) is 3. The van der Waals surface area contributed by atoms with Crippen LogP contribution >= 0.6 is 11.8 Å². The molecule has 1 N–H and O–H groups in total. The second kappa shape index (κ2) is 5.56. The Kier molecular flexibility index (Phi) is 3.85. The van der Waals surface area contributed by atoms with E-state index >= 15 is 0 Å². The van der Waals surface area contributed by atoms with Crippen molar-refractivity contribution in [3.05, 3.63) is 53.8 Å². The molecule has 0 saturated carbocycles. The third kappa shape index (κ3) is 2.82. The lowest BCUT2D eigenvalue weighted by Gasteiger charge is -2.08. The van der Waals surface area contributed by atoms with E-state index in [-0.39, 0.29) is 0 Å². The molecule has 0 unspecified atom stereocenters. The molecule has 2 aromatic rings. The van der Waals surface area contributed by atoms with Gasteiger partial charge in [0.25, 0.3) is 0 Å². The van der Waals surface area contributed by atoms with E-state index in [1.54, 1.807) is 17.8 Å². The highest BCUT2D eigenvalue weighted by Gasteiger charge is 2.03. The summed E-state index contributed by atoms with van der Waals surface area (Å²) in [6.45, 7) is 0. The van der Waals surface area contributed by atoms with Gasteiger partial charge in [0.2, 0.25) is 0 Å². The average Bonchev–Trinajstić information content (AvgIpc) is 2.41. The molecule has 0 aromatic heterocycles. The molecule has 0 fully saturated rings. The molecule has 90 valence electrons. The number of anilines is 2. The van der Waals surface area contributed by atoms with E-state index < -0.39 is 5.82 Å². The number of hydrogen-bond donors (Lipinski definition) is 1. The maximum absolute atomic E-state index is 13.0. The average molecular weight is 258 g/mol. The first-order valence-corrected chi connectivity index (χ1v) is 6.56. The third-order valence-corrected chi connectivity index (χ3v) is 3.21.